The SMILES string of the molecule is CCOC(=O)c1c(NCC(=O)c2ccc(OC)cc2)sc(C(C)=O)c1C. The maximum Gasteiger partial charge on any atom is 0.341 e. The van der Waals surface area contributed by atoms with Crippen molar-refractivity contribution < 1.29 is 23.9 Å². The summed E-state index contributed by atoms with van der Waals surface area (Å²) in [6.45, 7) is 5.09. The fraction of sp³-hybridized carbons (Fsp3) is 0.316. The number of ketones is 2. The Bertz CT molecular complexity index is 823. The summed E-state index contributed by atoms with van der Waals surface area (Å²) < 4.78 is 10.2. The number of hydrogen-bond donors (Lipinski definition) is 1. The number of thiophene rings is 1. The minimum absolute atomic E-state index is 0.00394. The summed E-state index contributed by atoms with van der Waals surface area (Å²) in [5.74, 6) is -0.113. The molecule has 0 amide bonds. The van der Waals surface area contributed by atoms with Crippen LogP contribution in [-0.2, 0) is 4.74 Å². The van der Waals surface area contributed by atoms with E-state index in [1.54, 1.807) is 45.2 Å². The van der Waals surface area contributed by atoms with Crippen LogP contribution in [0.15, 0.2) is 24.3 Å². The van der Waals surface area contributed by atoms with Crippen molar-refractivity contribution in [3.8, 4) is 5.75 Å². The van der Waals surface area contributed by atoms with Crippen LogP contribution in [0.4, 0.5) is 5.00 Å². The third kappa shape index (κ3) is 4.29. The molecule has 138 valence electrons. The van der Waals surface area contributed by atoms with E-state index in [1.807, 2.05) is 0 Å². The Balaban J connectivity index is 2.21. The highest BCUT2D eigenvalue weighted by molar-refractivity contribution is 7.18. The summed E-state index contributed by atoms with van der Waals surface area (Å²) in [7, 11) is 1.56. The molecule has 1 N–H and O–H groups in total. The molecule has 7 heteroatoms. The molecule has 0 spiro atoms. The van der Waals surface area contributed by atoms with Crippen molar-refractivity contribution in [1.82, 2.24) is 0 Å². The largest absolute Gasteiger partial charge is 0.497 e. The maximum atomic E-state index is 12.4. The first-order valence-corrected chi connectivity index (χ1v) is 8.93. The van der Waals surface area contributed by atoms with E-state index >= 15 is 0 Å². The number of methoxy groups -OCH3 is 1. The van der Waals surface area contributed by atoms with Crippen LogP contribution in [0.2, 0.25) is 0 Å². The van der Waals surface area contributed by atoms with Crippen molar-refractivity contribution >= 4 is 33.9 Å². The Morgan fingerprint density at radius 2 is 1.81 bits per heavy atom. The smallest absolute Gasteiger partial charge is 0.341 e. The molecule has 0 saturated heterocycles. The molecule has 0 radical (unpaired) electrons. The van der Waals surface area contributed by atoms with Crippen LogP contribution in [0.5, 0.6) is 5.75 Å². The first-order valence-electron chi connectivity index (χ1n) is 8.11. The van der Waals surface area contributed by atoms with Crippen LogP contribution in [0.3, 0.4) is 0 Å². The predicted molar refractivity (Wildman–Crippen MR) is 101 cm³/mol. The number of Topliss-reactive ketones (excluding diaryl/α,β-unsaturated/α-hetero) is 2. The highest BCUT2D eigenvalue weighted by atomic mass is 32.1. The van der Waals surface area contributed by atoms with Crippen LogP contribution in [0.25, 0.3) is 0 Å². The van der Waals surface area contributed by atoms with Gasteiger partial charge >= 0.3 is 5.97 Å². The number of ether oxygens (including phenoxy) is 2. The molecule has 1 aromatic heterocycles. The number of carbonyl (C=O) groups excluding carboxylic acids is 3. The van der Waals surface area contributed by atoms with E-state index in [4.69, 9.17) is 9.47 Å². The number of esters is 1. The summed E-state index contributed by atoms with van der Waals surface area (Å²) in [5.41, 5.74) is 1.40. The highest BCUT2D eigenvalue weighted by Crippen LogP contribution is 2.34. The third-order valence-electron chi connectivity index (χ3n) is 3.77. The van der Waals surface area contributed by atoms with Crippen molar-refractivity contribution in [3.05, 3.63) is 45.8 Å². The van der Waals surface area contributed by atoms with Gasteiger partial charge in [0.25, 0.3) is 0 Å². The zero-order chi connectivity index (χ0) is 19.3. The van der Waals surface area contributed by atoms with Crippen molar-refractivity contribution in [2.24, 2.45) is 0 Å². The maximum absolute atomic E-state index is 12.4. The minimum atomic E-state index is -0.506. The molecule has 1 aromatic carbocycles. The number of carbonyl (C=O) groups is 3. The Morgan fingerprint density at radius 1 is 1.15 bits per heavy atom. The molecule has 0 fully saturated rings. The molecule has 0 aliphatic heterocycles. The van der Waals surface area contributed by atoms with Gasteiger partial charge in [0.1, 0.15) is 10.8 Å². The van der Waals surface area contributed by atoms with E-state index in [0.29, 0.717) is 32.3 Å². The van der Waals surface area contributed by atoms with E-state index < -0.39 is 5.97 Å². The number of benzene rings is 1. The second-order valence-corrected chi connectivity index (χ2v) is 6.56. The van der Waals surface area contributed by atoms with E-state index in [0.717, 1.165) is 11.3 Å². The zero-order valence-electron chi connectivity index (χ0n) is 15.2. The van der Waals surface area contributed by atoms with Crippen molar-refractivity contribution in [2.75, 3.05) is 25.6 Å². The zero-order valence-corrected chi connectivity index (χ0v) is 16.0. The fourth-order valence-corrected chi connectivity index (χ4v) is 3.55. The van der Waals surface area contributed by atoms with Crippen LogP contribution < -0.4 is 10.1 Å². The molecule has 0 atom stereocenters. The van der Waals surface area contributed by atoms with Gasteiger partial charge in [-0.2, -0.15) is 0 Å². The molecule has 26 heavy (non-hydrogen) atoms. The van der Waals surface area contributed by atoms with Gasteiger partial charge in [0.15, 0.2) is 11.6 Å². The Labute approximate surface area is 156 Å². The highest BCUT2D eigenvalue weighted by Gasteiger charge is 2.24. The molecule has 0 aliphatic carbocycles. The average Bonchev–Trinajstić information content (AvgIpc) is 2.96. The van der Waals surface area contributed by atoms with Gasteiger partial charge in [-0.05, 0) is 50.6 Å². The van der Waals surface area contributed by atoms with Gasteiger partial charge in [-0.25, -0.2) is 4.79 Å². The van der Waals surface area contributed by atoms with Gasteiger partial charge in [-0.15, -0.1) is 11.3 Å². The van der Waals surface area contributed by atoms with Gasteiger partial charge in [-0.1, -0.05) is 0 Å². The lowest BCUT2D eigenvalue weighted by Gasteiger charge is -2.08. The quantitative estimate of drug-likeness (QED) is 0.559. The first kappa shape index (κ1) is 19.7. The predicted octanol–water partition coefficient (Wildman–Crippen LogP) is 3.74. The van der Waals surface area contributed by atoms with Crippen molar-refractivity contribution in [1.29, 1.82) is 0 Å². The van der Waals surface area contributed by atoms with Gasteiger partial charge < -0.3 is 14.8 Å². The summed E-state index contributed by atoms with van der Waals surface area (Å²) >= 11 is 1.16. The lowest BCUT2D eigenvalue weighted by molar-refractivity contribution is 0.0527. The Morgan fingerprint density at radius 3 is 2.35 bits per heavy atom. The summed E-state index contributed by atoms with van der Waals surface area (Å²) in [5, 5.41) is 3.45. The first-order chi connectivity index (χ1) is 12.4. The lowest BCUT2D eigenvalue weighted by atomic mass is 10.1. The molecular weight excluding hydrogens is 354 g/mol. The fourth-order valence-electron chi connectivity index (χ4n) is 2.46. The molecule has 6 nitrogen and oxygen atoms in total. The Kier molecular flexibility index (Phi) is 6.52. The molecule has 2 aromatic rings. The molecular formula is C19H21NO5S. The van der Waals surface area contributed by atoms with Crippen molar-refractivity contribution in [2.45, 2.75) is 20.8 Å². The van der Waals surface area contributed by atoms with E-state index in [1.165, 1.54) is 6.92 Å². The number of nitrogens with one attached hydrogen (secondary N) is 1. The third-order valence-corrected chi connectivity index (χ3v) is 5.12. The molecule has 0 bridgehead atoms. The van der Waals surface area contributed by atoms with Gasteiger partial charge in [0.2, 0.25) is 0 Å². The molecule has 0 saturated carbocycles. The van der Waals surface area contributed by atoms with Gasteiger partial charge in [-0.3, -0.25) is 9.59 Å². The van der Waals surface area contributed by atoms with E-state index in [2.05, 4.69) is 5.32 Å². The van der Waals surface area contributed by atoms with Crippen LogP contribution in [-0.4, -0.2) is 37.8 Å². The standard InChI is InChI=1S/C19H21NO5S/c1-5-25-19(23)16-11(2)17(12(3)21)26-18(16)20-10-15(22)13-6-8-14(24-4)9-7-13/h6-9,20H,5,10H2,1-4H3. The summed E-state index contributed by atoms with van der Waals surface area (Å²) in [4.78, 5) is 36.9. The topological polar surface area (TPSA) is 81.7 Å². The van der Waals surface area contributed by atoms with Gasteiger partial charge in [0, 0.05) is 5.56 Å². The van der Waals surface area contributed by atoms with Crippen LogP contribution >= 0.6 is 11.3 Å². The van der Waals surface area contributed by atoms with E-state index in [9.17, 15) is 14.4 Å². The average molecular weight is 375 g/mol. The number of hydrogen-bond acceptors (Lipinski definition) is 7. The number of anilines is 1. The molecule has 0 aliphatic rings. The Hall–Kier alpha value is -2.67. The molecule has 0 unspecified atom stereocenters. The normalized spacial score (nSPS) is 10.3. The summed E-state index contributed by atoms with van der Waals surface area (Å²) in [6.07, 6.45) is 0. The second-order valence-electron chi connectivity index (χ2n) is 5.54. The second kappa shape index (κ2) is 8.62. The number of rotatable bonds is 8. The summed E-state index contributed by atoms with van der Waals surface area (Å²) in [6, 6.07) is 6.77. The van der Waals surface area contributed by atoms with E-state index in [-0.39, 0.29) is 24.7 Å². The van der Waals surface area contributed by atoms with Gasteiger partial charge in [0.05, 0.1) is 30.7 Å². The van der Waals surface area contributed by atoms with Crippen LogP contribution in [0.1, 0.15) is 49.8 Å². The molecule has 2 rings (SSSR count). The minimum Gasteiger partial charge on any atom is -0.497 e. The van der Waals surface area contributed by atoms with Crippen LogP contribution in [0, 0.1) is 6.92 Å². The molecule has 1 heterocycles. The van der Waals surface area contributed by atoms with Crippen molar-refractivity contribution in [3.63, 3.8) is 0 Å². The monoisotopic (exact) mass is 375 g/mol. The lowest BCUT2D eigenvalue weighted by Crippen LogP contribution is -2.16.